The smallest absolute Gasteiger partial charge is 0.133 e. The van der Waals surface area contributed by atoms with Crippen LogP contribution in [0.15, 0.2) is 72.8 Å². The molecule has 0 saturated carbocycles. The van der Waals surface area contributed by atoms with Crippen molar-refractivity contribution in [3.63, 3.8) is 0 Å². The summed E-state index contributed by atoms with van der Waals surface area (Å²) in [4.78, 5) is 0. The predicted octanol–water partition coefficient (Wildman–Crippen LogP) is 8.77. The lowest BCUT2D eigenvalue weighted by atomic mass is 9.75. The maximum absolute atomic E-state index is 9.83. The fourth-order valence-electron chi connectivity index (χ4n) is 5.23. The molecule has 1 aliphatic rings. The molecule has 0 bridgehead atoms. The molecule has 196 valence electrons. The molecule has 1 N–H and O–H groups in total. The van der Waals surface area contributed by atoms with E-state index >= 15 is 0 Å². The molecule has 0 saturated heterocycles. The first-order chi connectivity index (χ1) is 18.0. The minimum atomic E-state index is -0.229. The van der Waals surface area contributed by atoms with Crippen LogP contribution in [0.1, 0.15) is 73.6 Å². The van der Waals surface area contributed by atoms with Crippen molar-refractivity contribution in [3.8, 4) is 28.4 Å². The van der Waals surface area contributed by atoms with Crippen LogP contribution < -0.4 is 9.47 Å². The third kappa shape index (κ3) is 4.83. The Kier molecular flexibility index (Phi) is 6.61. The Bertz CT molecular complexity index is 1450. The summed E-state index contributed by atoms with van der Waals surface area (Å²) in [5.74, 6) is 2.57. The molecule has 0 unspecified atom stereocenters. The molecule has 0 amide bonds. The highest BCUT2D eigenvalue weighted by Crippen LogP contribution is 2.42. The fraction of sp³-hybridized carbons (Fsp3) is 0.314. The summed E-state index contributed by atoms with van der Waals surface area (Å²) in [6.45, 7) is 16.0. The molecule has 0 fully saturated rings. The van der Waals surface area contributed by atoms with E-state index in [4.69, 9.17) is 9.47 Å². The first-order valence-corrected chi connectivity index (χ1v) is 13.4. The van der Waals surface area contributed by atoms with Gasteiger partial charge in [0.25, 0.3) is 0 Å². The van der Waals surface area contributed by atoms with Crippen LogP contribution in [0.5, 0.6) is 17.2 Å². The van der Waals surface area contributed by atoms with Crippen LogP contribution in [0.4, 0.5) is 0 Å². The van der Waals surface area contributed by atoms with Crippen LogP contribution in [0.25, 0.3) is 11.1 Å². The second-order valence-corrected chi connectivity index (χ2v) is 12.1. The van der Waals surface area contributed by atoms with E-state index in [1.807, 2.05) is 12.1 Å². The van der Waals surface area contributed by atoms with Gasteiger partial charge in [0, 0.05) is 16.5 Å². The van der Waals surface area contributed by atoms with E-state index in [9.17, 15) is 5.11 Å². The van der Waals surface area contributed by atoms with Crippen LogP contribution in [0, 0.1) is 13.8 Å². The highest BCUT2D eigenvalue weighted by molar-refractivity contribution is 5.65. The second-order valence-electron chi connectivity index (χ2n) is 12.1. The molecule has 0 radical (unpaired) electrons. The molecule has 4 aromatic carbocycles. The van der Waals surface area contributed by atoms with Crippen LogP contribution in [0.3, 0.4) is 0 Å². The van der Waals surface area contributed by atoms with E-state index in [2.05, 4.69) is 109 Å². The molecular formula is C35H38O3. The molecular weight excluding hydrogens is 468 g/mol. The van der Waals surface area contributed by atoms with Crippen molar-refractivity contribution < 1.29 is 14.6 Å². The van der Waals surface area contributed by atoms with Crippen molar-refractivity contribution in [1.82, 2.24) is 0 Å². The zero-order valence-electron chi connectivity index (χ0n) is 23.6. The molecule has 4 aromatic rings. The van der Waals surface area contributed by atoms with E-state index in [1.165, 1.54) is 33.4 Å². The summed E-state index contributed by atoms with van der Waals surface area (Å²) in [5.41, 5.74) is 10.3. The van der Waals surface area contributed by atoms with E-state index in [0.717, 1.165) is 33.9 Å². The normalized spacial score (nSPS) is 12.9. The summed E-state index contributed by atoms with van der Waals surface area (Å²) >= 11 is 0. The van der Waals surface area contributed by atoms with Gasteiger partial charge < -0.3 is 14.6 Å². The molecule has 38 heavy (non-hydrogen) atoms. The zero-order valence-corrected chi connectivity index (χ0v) is 23.6. The summed E-state index contributed by atoms with van der Waals surface area (Å²) in [6.07, 6.45) is 0. The molecule has 3 heteroatoms. The average molecular weight is 507 g/mol. The fourth-order valence-corrected chi connectivity index (χ4v) is 5.23. The monoisotopic (exact) mass is 506 g/mol. The lowest BCUT2D eigenvalue weighted by Crippen LogP contribution is -2.22. The van der Waals surface area contributed by atoms with Crippen LogP contribution in [0.2, 0.25) is 0 Å². The van der Waals surface area contributed by atoms with Crippen molar-refractivity contribution in [2.75, 3.05) is 0 Å². The number of benzene rings is 4. The van der Waals surface area contributed by atoms with E-state index in [0.29, 0.717) is 6.61 Å². The Morgan fingerprint density at radius 3 is 1.79 bits per heavy atom. The standard InChI is InChI=1S/C35H38O3/c1-22-16-29(35(6,7)30-18-26(20-36)33-27(19-30)21-37-33)17-23(2)32(22)38-31-14-10-25(11-15-31)24-8-12-28(13-9-24)34(3,4)5/h8-19,36H,20-21H2,1-7H3. The van der Waals surface area contributed by atoms with E-state index < -0.39 is 0 Å². The molecule has 3 nitrogen and oxygen atoms in total. The third-order valence-electron chi connectivity index (χ3n) is 7.85. The summed E-state index contributed by atoms with van der Waals surface area (Å²) in [5, 5.41) is 9.83. The first kappa shape index (κ1) is 26.1. The Morgan fingerprint density at radius 1 is 0.737 bits per heavy atom. The van der Waals surface area contributed by atoms with Crippen molar-refractivity contribution in [2.24, 2.45) is 0 Å². The Balaban J connectivity index is 1.37. The molecule has 0 aliphatic carbocycles. The average Bonchev–Trinajstić information content (AvgIpc) is 2.86. The lowest BCUT2D eigenvalue weighted by molar-refractivity contribution is 0.220. The number of aryl methyl sites for hydroxylation is 2. The van der Waals surface area contributed by atoms with Gasteiger partial charge in [-0.15, -0.1) is 0 Å². The molecule has 0 aromatic heterocycles. The largest absolute Gasteiger partial charge is 0.488 e. The Morgan fingerprint density at radius 2 is 1.29 bits per heavy atom. The lowest BCUT2D eigenvalue weighted by Gasteiger charge is -2.32. The van der Waals surface area contributed by atoms with Gasteiger partial charge in [-0.3, -0.25) is 0 Å². The van der Waals surface area contributed by atoms with Crippen molar-refractivity contribution >= 4 is 0 Å². The number of aliphatic hydroxyl groups excluding tert-OH is 1. The van der Waals surface area contributed by atoms with Crippen molar-refractivity contribution in [2.45, 2.75) is 72.5 Å². The summed E-state index contributed by atoms with van der Waals surface area (Å²) in [7, 11) is 0. The van der Waals surface area contributed by atoms with Crippen molar-refractivity contribution in [1.29, 1.82) is 0 Å². The number of aliphatic hydroxyl groups is 1. The number of rotatable bonds is 6. The maximum atomic E-state index is 9.83. The maximum Gasteiger partial charge on any atom is 0.133 e. The number of hydrogen-bond donors (Lipinski definition) is 1. The molecule has 1 heterocycles. The van der Waals surface area contributed by atoms with Gasteiger partial charge in [-0.05, 0) is 82.5 Å². The number of fused-ring (bicyclic) bond motifs is 1. The van der Waals surface area contributed by atoms with E-state index in [-0.39, 0.29) is 17.4 Å². The van der Waals surface area contributed by atoms with E-state index in [1.54, 1.807) is 0 Å². The third-order valence-corrected chi connectivity index (χ3v) is 7.85. The first-order valence-electron chi connectivity index (χ1n) is 13.4. The molecule has 0 atom stereocenters. The van der Waals surface area contributed by atoms with Gasteiger partial charge in [-0.2, -0.15) is 0 Å². The van der Waals surface area contributed by atoms with Crippen LogP contribution in [-0.4, -0.2) is 5.11 Å². The highest BCUT2D eigenvalue weighted by atomic mass is 16.5. The summed E-state index contributed by atoms with van der Waals surface area (Å²) < 4.78 is 12.0. The minimum Gasteiger partial charge on any atom is -0.488 e. The zero-order chi connectivity index (χ0) is 27.2. The highest BCUT2D eigenvalue weighted by Gasteiger charge is 2.29. The second kappa shape index (κ2) is 9.63. The van der Waals surface area contributed by atoms with Gasteiger partial charge in [0.2, 0.25) is 0 Å². The number of ether oxygens (including phenoxy) is 2. The number of hydrogen-bond acceptors (Lipinski definition) is 3. The van der Waals surface area contributed by atoms with Crippen LogP contribution in [-0.2, 0) is 24.0 Å². The van der Waals surface area contributed by atoms with Gasteiger partial charge in [0.05, 0.1) is 6.61 Å². The minimum absolute atomic E-state index is 0.0158. The van der Waals surface area contributed by atoms with Gasteiger partial charge in [-0.25, -0.2) is 0 Å². The van der Waals surface area contributed by atoms with Crippen LogP contribution >= 0.6 is 0 Å². The van der Waals surface area contributed by atoms with Gasteiger partial charge >= 0.3 is 0 Å². The molecule has 1 aliphatic heterocycles. The summed E-state index contributed by atoms with van der Waals surface area (Å²) in [6, 6.07) is 25.9. The predicted molar refractivity (Wildman–Crippen MR) is 155 cm³/mol. The van der Waals surface area contributed by atoms with Gasteiger partial charge in [0.1, 0.15) is 23.9 Å². The SMILES string of the molecule is Cc1cc(C(C)(C)c2cc(CO)c3c(c2)CO3)cc(C)c1Oc1ccc(-c2ccc(C(C)(C)C)cc2)cc1. The Hall–Kier alpha value is -3.56. The van der Waals surface area contributed by atoms with Crippen molar-refractivity contribution in [3.05, 3.63) is 112 Å². The molecule has 0 spiro atoms. The van der Waals surface area contributed by atoms with Gasteiger partial charge in [-0.1, -0.05) is 83.1 Å². The quantitative estimate of drug-likeness (QED) is 0.284. The van der Waals surface area contributed by atoms with Gasteiger partial charge in [0.15, 0.2) is 0 Å². The Labute approximate surface area is 227 Å². The topological polar surface area (TPSA) is 38.7 Å². The molecule has 5 rings (SSSR count).